The Bertz CT molecular complexity index is 578. The van der Waals surface area contributed by atoms with Crippen LogP contribution in [0.25, 0.3) is 0 Å². The fraction of sp³-hybridized carbons (Fsp3) is 0.556. The predicted octanol–water partition coefficient (Wildman–Crippen LogP) is 2.24. The van der Waals surface area contributed by atoms with Crippen molar-refractivity contribution in [3.63, 3.8) is 0 Å². The molecule has 1 saturated heterocycles. The summed E-state index contributed by atoms with van der Waals surface area (Å²) in [6, 6.07) is 7.85. The van der Waals surface area contributed by atoms with Crippen molar-refractivity contribution in [2.24, 2.45) is 0 Å². The third-order valence-corrected chi connectivity index (χ3v) is 4.21. The SMILES string of the molecule is Cc1ccccc1CCNC(=O)NC1CC(=O)N(C(C)(C)C)C1. The van der Waals surface area contributed by atoms with E-state index in [-0.39, 0.29) is 23.5 Å². The van der Waals surface area contributed by atoms with Gasteiger partial charge in [0, 0.05) is 25.0 Å². The molecular weight excluding hydrogens is 290 g/mol. The van der Waals surface area contributed by atoms with Crippen molar-refractivity contribution < 1.29 is 9.59 Å². The minimum absolute atomic E-state index is 0.0997. The number of nitrogens with zero attached hydrogens (tertiary/aromatic N) is 1. The zero-order valence-electron chi connectivity index (χ0n) is 14.5. The van der Waals surface area contributed by atoms with Crippen LogP contribution in [-0.4, -0.2) is 41.5 Å². The highest BCUT2D eigenvalue weighted by Crippen LogP contribution is 2.21. The molecule has 0 bridgehead atoms. The van der Waals surface area contributed by atoms with Crippen molar-refractivity contribution >= 4 is 11.9 Å². The predicted molar refractivity (Wildman–Crippen MR) is 91.3 cm³/mol. The van der Waals surface area contributed by atoms with Gasteiger partial charge in [-0.1, -0.05) is 24.3 Å². The lowest BCUT2D eigenvalue weighted by molar-refractivity contribution is -0.131. The number of urea groups is 1. The lowest BCUT2D eigenvalue weighted by Gasteiger charge is -2.32. The highest BCUT2D eigenvalue weighted by molar-refractivity contribution is 5.82. The lowest BCUT2D eigenvalue weighted by atomic mass is 10.1. The van der Waals surface area contributed by atoms with E-state index in [4.69, 9.17) is 0 Å². The van der Waals surface area contributed by atoms with E-state index < -0.39 is 0 Å². The summed E-state index contributed by atoms with van der Waals surface area (Å²) in [6.07, 6.45) is 1.18. The van der Waals surface area contributed by atoms with Gasteiger partial charge in [-0.3, -0.25) is 4.79 Å². The Balaban J connectivity index is 1.76. The van der Waals surface area contributed by atoms with Gasteiger partial charge in [0.25, 0.3) is 0 Å². The summed E-state index contributed by atoms with van der Waals surface area (Å²) in [7, 11) is 0. The van der Waals surface area contributed by atoms with Gasteiger partial charge < -0.3 is 15.5 Å². The maximum Gasteiger partial charge on any atom is 0.315 e. The summed E-state index contributed by atoms with van der Waals surface area (Å²) in [5.41, 5.74) is 2.27. The zero-order valence-corrected chi connectivity index (χ0v) is 14.5. The molecule has 1 fully saturated rings. The van der Waals surface area contributed by atoms with Crippen LogP contribution in [0.5, 0.6) is 0 Å². The lowest BCUT2D eigenvalue weighted by Crippen LogP contribution is -2.46. The van der Waals surface area contributed by atoms with Crippen LogP contribution in [0.15, 0.2) is 24.3 Å². The van der Waals surface area contributed by atoms with Gasteiger partial charge in [0.15, 0.2) is 0 Å². The fourth-order valence-corrected chi connectivity index (χ4v) is 2.89. The maximum absolute atomic E-state index is 12.0. The van der Waals surface area contributed by atoms with Gasteiger partial charge in [-0.15, -0.1) is 0 Å². The first-order chi connectivity index (χ1) is 10.8. The molecular formula is C18H27N3O2. The molecule has 1 aliphatic heterocycles. The molecule has 2 N–H and O–H groups in total. The van der Waals surface area contributed by atoms with E-state index in [0.717, 1.165) is 6.42 Å². The average molecular weight is 317 g/mol. The maximum atomic E-state index is 12.0. The van der Waals surface area contributed by atoms with Gasteiger partial charge in [0.1, 0.15) is 0 Å². The van der Waals surface area contributed by atoms with Gasteiger partial charge in [-0.2, -0.15) is 0 Å². The van der Waals surface area contributed by atoms with Gasteiger partial charge in [0.2, 0.25) is 5.91 Å². The molecule has 1 aromatic carbocycles. The first kappa shape index (κ1) is 17.3. The minimum atomic E-state index is -0.202. The molecule has 1 unspecified atom stereocenters. The van der Waals surface area contributed by atoms with Crippen molar-refractivity contribution in [2.45, 2.75) is 52.1 Å². The summed E-state index contributed by atoms with van der Waals surface area (Å²) in [5, 5.41) is 5.77. The summed E-state index contributed by atoms with van der Waals surface area (Å²) in [5.74, 6) is 0.0997. The molecule has 2 rings (SSSR count). The summed E-state index contributed by atoms with van der Waals surface area (Å²) in [4.78, 5) is 25.8. The number of amides is 3. The van der Waals surface area contributed by atoms with Crippen molar-refractivity contribution in [1.29, 1.82) is 0 Å². The molecule has 1 atom stereocenters. The quantitative estimate of drug-likeness (QED) is 0.894. The Morgan fingerprint density at radius 1 is 1.30 bits per heavy atom. The molecule has 0 spiro atoms. The molecule has 126 valence electrons. The van der Waals surface area contributed by atoms with Crippen molar-refractivity contribution in [1.82, 2.24) is 15.5 Å². The number of carbonyl (C=O) groups is 2. The largest absolute Gasteiger partial charge is 0.338 e. The number of benzene rings is 1. The molecule has 5 heteroatoms. The fourth-order valence-electron chi connectivity index (χ4n) is 2.89. The van der Waals surface area contributed by atoms with E-state index >= 15 is 0 Å². The summed E-state index contributed by atoms with van der Waals surface area (Å²) in [6.45, 7) is 9.26. The third kappa shape index (κ3) is 4.71. The van der Waals surface area contributed by atoms with E-state index in [1.54, 1.807) is 0 Å². The summed E-state index contributed by atoms with van der Waals surface area (Å²) < 4.78 is 0. The van der Waals surface area contributed by atoms with E-state index in [1.807, 2.05) is 37.8 Å². The van der Waals surface area contributed by atoms with Crippen LogP contribution in [0, 0.1) is 6.92 Å². The highest BCUT2D eigenvalue weighted by atomic mass is 16.2. The highest BCUT2D eigenvalue weighted by Gasteiger charge is 2.36. The van der Waals surface area contributed by atoms with Gasteiger partial charge in [-0.25, -0.2) is 4.79 Å². The zero-order chi connectivity index (χ0) is 17.0. The molecule has 0 saturated carbocycles. The molecule has 0 aromatic heterocycles. The Kier molecular flexibility index (Phi) is 5.29. The normalized spacial score (nSPS) is 18.2. The molecule has 1 aliphatic rings. The standard InChI is InChI=1S/C18H27N3O2/c1-13-7-5-6-8-14(13)9-10-19-17(23)20-15-11-16(22)21(12-15)18(2,3)4/h5-8,15H,9-12H2,1-4H3,(H2,19,20,23). The van der Waals surface area contributed by atoms with Crippen molar-refractivity contribution in [2.75, 3.05) is 13.1 Å². The first-order valence-electron chi connectivity index (χ1n) is 8.16. The number of carbonyl (C=O) groups excluding carboxylic acids is 2. The number of likely N-dealkylation sites (tertiary alicyclic amines) is 1. The number of hydrogen-bond acceptors (Lipinski definition) is 2. The Labute approximate surface area is 138 Å². The van der Waals surface area contributed by atoms with Crippen LogP contribution in [0.3, 0.4) is 0 Å². The molecule has 0 aliphatic carbocycles. The first-order valence-corrected chi connectivity index (χ1v) is 8.16. The molecule has 3 amide bonds. The van der Waals surface area contributed by atoms with Crippen LogP contribution < -0.4 is 10.6 Å². The van der Waals surface area contributed by atoms with Crippen LogP contribution >= 0.6 is 0 Å². The number of aryl methyl sites for hydroxylation is 1. The molecule has 0 radical (unpaired) electrons. The average Bonchev–Trinajstić information content (AvgIpc) is 2.81. The van der Waals surface area contributed by atoms with E-state index in [1.165, 1.54) is 11.1 Å². The smallest absolute Gasteiger partial charge is 0.315 e. The number of rotatable bonds is 4. The van der Waals surface area contributed by atoms with Crippen LogP contribution in [-0.2, 0) is 11.2 Å². The molecule has 1 aromatic rings. The molecule has 23 heavy (non-hydrogen) atoms. The second kappa shape index (κ2) is 7.02. The number of nitrogens with one attached hydrogen (secondary N) is 2. The van der Waals surface area contributed by atoms with Gasteiger partial charge in [0.05, 0.1) is 6.04 Å². The van der Waals surface area contributed by atoms with Gasteiger partial charge in [-0.05, 0) is 45.2 Å². The van der Waals surface area contributed by atoms with Crippen LogP contribution in [0.1, 0.15) is 38.3 Å². The third-order valence-electron chi connectivity index (χ3n) is 4.21. The van der Waals surface area contributed by atoms with E-state index in [0.29, 0.717) is 19.5 Å². The van der Waals surface area contributed by atoms with Crippen LogP contribution in [0.4, 0.5) is 4.79 Å². The minimum Gasteiger partial charge on any atom is -0.338 e. The second-order valence-corrected chi connectivity index (χ2v) is 7.15. The van der Waals surface area contributed by atoms with Crippen LogP contribution in [0.2, 0.25) is 0 Å². The summed E-state index contributed by atoms with van der Waals surface area (Å²) >= 11 is 0. The topological polar surface area (TPSA) is 61.4 Å². The Morgan fingerprint density at radius 3 is 2.61 bits per heavy atom. The van der Waals surface area contributed by atoms with Crippen molar-refractivity contribution in [3.8, 4) is 0 Å². The Hall–Kier alpha value is -2.04. The van der Waals surface area contributed by atoms with E-state index in [2.05, 4.69) is 29.7 Å². The van der Waals surface area contributed by atoms with Crippen molar-refractivity contribution in [3.05, 3.63) is 35.4 Å². The number of hydrogen-bond donors (Lipinski definition) is 2. The monoisotopic (exact) mass is 317 g/mol. The van der Waals surface area contributed by atoms with Gasteiger partial charge >= 0.3 is 6.03 Å². The van der Waals surface area contributed by atoms with E-state index in [9.17, 15) is 9.59 Å². The molecule has 5 nitrogen and oxygen atoms in total. The second-order valence-electron chi connectivity index (χ2n) is 7.15. The molecule has 1 heterocycles. The Morgan fingerprint density at radius 2 is 2.00 bits per heavy atom.